The molecule has 2 aliphatic rings. The monoisotopic (exact) mass is 288 g/mol. The molecule has 116 valence electrons. The zero-order valence-corrected chi connectivity index (χ0v) is 13.1. The molecule has 0 aromatic heterocycles. The van der Waals surface area contributed by atoms with E-state index < -0.39 is 0 Å². The van der Waals surface area contributed by atoms with Gasteiger partial charge in [-0.2, -0.15) is 0 Å². The number of anilines is 1. The maximum Gasteiger partial charge on any atom is 0.0616 e. The van der Waals surface area contributed by atoms with Gasteiger partial charge in [0.25, 0.3) is 0 Å². The number of nitrogens with one attached hydrogen (secondary N) is 1. The van der Waals surface area contributed by atoms with Crippen LogP contribution in [0.15, 0.2) is 24.3 Å². The molecule has 1 aromatic rings. The summed E-state index contributed by atoms with van der Waals surface area (Å²) in [6, 6.07) is 8.78. The van der Waals surface area contributed by atoms with Crippen molar-refractivity contribution in [1.82, 2.24) is 5.32 Å². The zero-order valence-electron chi connectivity index (χ0n) is 13.1. The molecule has 1 aliphatic carbocycles. The van der Waals surface area contributed by atoms with Crippen LogP contribution in [0.2, 0.25) is 0 Å². The lowest BCUT2D eigenvalue weighted by Crippen LogP contribution is -2.51. The SMILES string of the molecule is CCNC1(CO)CCCC1CCN1CCc2ccccc21. The second kappa shape index (κ2) is 6.37. The molecule has 0 radical (unpaired) electrons. The highest BCUT2D eigenvalue weighted by molar-refractivity contribution is 5.57. The Morgan fingerprint density at radius 2 is 2.24 bits per heavy atom. The molecule has 2 atom stereocenters. The first-order valence-electron chi connectivity index (χ1n) is 8.48. The first-order valence-corrected chi connectivity index (χ1v) is 8.48. The van der Waals surface area contributed by atoms with Crippen LogP contribution in [0.5, 0.6) is 0 Å². The molecule has 3 rings (SSSR count). The normalized spacial score (nSPS) is 28.1. The summed E-state index contributed by atoms with van der Waals surface area (Å²) in [5.74, 6) is 0.607. The lowest BCUT2D eigenvalue weighted by Gasteiger charge is -2.36. The third-order valence-corrected chi connectivity index (χ3v) is 5.50. The molecule has 0 spiro atoms. The lowest BCUT2D eigenvalue weighted by molar-refractivity contribution is 0.122. The fourth-order valence-corrected chi connectivity index (χ4v) is 4.36. The van der Waals surface area contributed by atoms with Crippen LogP contribution in [-0.2, 0) is 6.42 Å². The minimum atomic E-state index is -0.0198. The fraction of sp³-hybridized carbons (Fsp3) is 0.667. The van der Waals surface area contributed by atoms with Gasteiger partial charge in [-0.25, -0.2) is 0 Å². The highest BCUT2D eigenvalue weighted by Crippen LogP contribution is 2.38. The minimum absolute atomic E-state index is 0.0198. The minimum Gasteiger partial charge on any atom is -0.394 e. The number of fused-ring (bicyclic) bond motifs is 1. The maximum absolute atomic E-state index is 9.89. The molecule has 1 aromatic carbocycles. The van der Waals surface area contributed by atoms with Gasteiger partial charge in [-0.05, 0) is 49.8 Å². The smallest absolute Gasteiger partial charge is 0.0616 e. The number of aliphatic hydroxyl groups excluding tert-OH is 1. The summed E-state index contributed by atoms with van der Waals surface area (Å²) in [5.41, 5.74) is 2.89. The number of para-hydroxylation sites is 1. The van der Waals surface area contributed by atoms with Gasteiger partial charge in [0.15, 0.2) is 0 Å². The van der Waals surface area contributed by atoms with Crippen LogP contribution < -0.4 is 10.2 Å². The van der Waals surface area contributed by atoms with Gasteiger partial charge in [-0.1, -0.05) is 31.5 Å². The summed E-state index contributed by atoms with van der Waals surface area (Å²) in [5, 5.41) is 13.5. The second-order valence-electron chi connectivity index (χ2n) is 6.59. The lowest BCUT2D eigenvalue weighted by atomic mass is 9.85. The highest BCUT2D eigenvalue weighted by Gasteiger charge is 2.41. The van der Waals surface area contributed by atoms with E-state index in [1.807, 2.05) is 0 Å². The van der Waals surface area contributed by atoms with E-state index in [4.69, 9.17) is 0 Å². The largest absolute Gasteiger partial charge is 0.394 e. The Bertz CT molecular complexity index is 476. The first-order chi connectivity index (χ1) is 10.3. The predicted octanol–water partition coefficient (Wildman–Crippen LogP) is 2.58. The van der Waals surface area contributed by atoms with Gasteiger partial charge in [-0.3, -0.25) is 0 Å². The van der Waals surface area contributed by atoms with Gasteiger partial charge in [0.1, 0.15) is 0 Å². The van der Waals surface area contributed by atoms with Crippen LogP contribution in [0.3, 0.4) is 0 Å². The van der Waals surface area contributed by atoms with Crippen molar-refractivity contribution in [3.05, 3.63) is 29.8 Å². The fourth-order valence-electron chi connectivity index (χ4n) is 4.36. The van der Waals surface area contributed by atoms with Gasteiger partial charge in [0.2, 0.25) is 0 Å². The molecule has 3 heteroatoms. The first kappa shape index (κ1) is 14.9. The van der Waals surface area contributed by atoms with Crippen molar-refractivity contribution >= 4 is 5.69 Å². The average Bonchev–Trinajstić information content (AvgIpc) is 3.10. The van der Waals surface area contributed by atoms with E-state index in [2.05, 4.69) is 41.4 Å². The molecule has 1 saturated carbocycles. The number of likely N-dealkylation sites (N-methyl/N-ethyl adjacent to an activating group) is 1. The van der Waals surface area contributed by atoms with Crippen LogP contribution in [0.4, 0.5) is 5.69 Å². The predicted molar refractivity (Wildman–Crippen MR) is 87.8 cm³/mol. The van der Waals surface area contributed by atoms with Crippen molar-refractivity contribution in [2.75, 3.05) is 31.1 Å². The molecule has 1 aliphatic heterocycles. The van der Waals surface area contributed by atoms with E-state index in [0.29, 0.717) is 5.92 Å². The van der Waals surface area contributed by atoms with E-state index in [1.165, 1.54) is 36.9 Å². The van der Waals surface area contributed by atoms with Gasteiger partial charge < -0.3 is 15.3 Å². The Hall–Kier alpha value is -1.06. The van der Waals surface area contributed by atoms with E-state index in [1.54, 1.807) is 0 Å². The summed E-state index contributed by atoms with van der Waals surface area (Å²) in [6.07, 6.45) is 5.98. The van der Waals surface area contributed by atoms with Gasteiger partial charge in [0, 0.05) is 24.3 Å². The van der Waals surface area contributed by atoms with E-state index in [0.717, 1.165) is 26.1 Å². The molecule has 3 nitrogen and oxygen atoms in total. The Morgan fingerprint density at radius 3 is 3.05 bits per heavy atom. The highest BCUT2D eigenvalue weighted by atomic mass is 16.3. The Balaban J connectivity index is 1.63. The summed E-state index contributed by atoms with van der Waals surface area (Å²) in [7, 11) is 0. The van der Waals surface area contributed by atoms with Gasteiger partial charge in [-0.15, -0.1) is 0 Å². The number of aliphatic hydroxyl groups is 1. The molecule has 0 saturated heterocycles. The number of hydrogen-bond acceptors (Lipinski definition) is 3. The molecule has 1 fully saturated rings. The van der Waals surface area contributed by atoms with Crippen molar-refractivity contribution < 1.29 is 5.11 Å². The van der Waals surface area contributed by atoms with Crippen LogP contribution in [0.25, 0.3) is 0 Å². The Labute approximate surface area is 128 Å². The second-order valence-corrected chi connectivity index (χ2v) is 6.59. The van der Waals surface area contributed by atoms with E-state index in [-0.39, 0.29) is 12.1 Å². The summed E-state index contributed by atoms with van der Waals surface area (Å²) in [4.78, 5) is 2.53. The molecule has 1 heterocycles. The Morgan fingerprint density at radius 1 is 1.38 bits per heavy atom. The number of rotatable bonds is 6. The standard InChI is InChI=1S/C18H28N2O/c1-2-19-18(14-21)11-5-7-16(18)10-13-20-12-9-15-6-3-4-8-17(15)20/h3-4,6,8,16,19,21H,2,5,7,9-14H2,1H3. The molecular weight excluding hydrogens is 260 g/mol. The summed E-state index contributed by atoms with van der Waals surface area (Å²) in [6.45, 7) is 5.64. The molecule has 0 bridgehead atoms. The van der Waals surface area contributed by atoms with Crippen molar-refractivity contribution in [2.24, 2.45) is 5.92 Å². The number of benzene rings is 1. The average molecular weight is 288 g/mol. The topological polar surface area (TPSA) is 35.5 Å². The third kappa shape index (κ3) is 2.82. The van der Waals surface area contributed by atoms with Crippen LogP contribution in [-0.4, -0.2) is 36.9 Å². The summed E-state index contributed by atoms with van der Waals surface area (Å²) < 4.78 is 0. The Kier molecular flexibility index (Phi) is 4.51. The van der Waals surface area contributed by atoms with Crippen molar-refractivity contribution in [3.63, 3.8) is 0 Å². The molecule has 2 unspecified atom stereocenters. The third-order valence-electron chi connectivity index (χ3n) is 5.50. The molecule has 0 amide bonds. The van der Waals surface area contributed by atoms with Crippen molar-refractivity contribution in [3.8, 4) is 0 Å². The van der Waals surface area contributed by atoms with Crippen molar-refractivity contribution in [1.29, 1.82) is 0 Å². The zero-order chi connectivity index (χ0) is 14.7. The number of hydrogen-bond donors (Lipinski definition) is 2. The van der Waals surface area contributed by atoms with Crippen molar-refractivity contribution in [2.45, 2.75) is 44.6 Å². The van der Waals surface area contributed by atoms with Crippen LogP contribution in [0, 0.1) is 5.92 Å². The molecule has 2 N–H and O–H groups in total. The summed E-state index contributed by atoms with van der Waals surface area (Å²) >= 11 is 0. The van der Waals surface area contributed by atoms with Gasteiger partial charge >= 0.3 is 0 Å². The molecular formula is C18H28N2O. The quantitative estimate of drug-likeness (QED) is 0.844. The van der Waals surface area contributed by atoms with E-state index >= 15 is 0 Å². The maximum atomic E-state index is 9.89. The van der Waals surface area contributed by atoms with Crippen LogP contribution in [0.1, 0.15) is 38.2 Å². The van der Waals surface area contributed by atoms with Gasteiger partial charge in [0.05, 0.1) is 6.61 Å². The van der Waals surface area contributed by atoms with E-state index in [9.17, 15) is 5.11 Å². The molecule has 21 heavy (non-hydrogen) atoms. The van der Waals surface area contributed by atoms with Crippen LogP contribution >= 0.6 is 0 Å². The number of nitrogens with zero attached hydrogens (tertiary/aromatic N) is 1.